The van der Waals surface area contributed by atoms with Gasteiger partial charge >= 0.3 is 0 Å². The standard InChI is InChI=1S/C16H21ClN6O4S.C15H19ClN6O3.C14H18ClN7O2/c1-23-5-10(3-19-23)20-16-18-4-11(17)15(22-16)21-12-7-27-13-9(6-26-14(12)13)8-28(2,24)25;1-22-5-8(3-18-22)19-15-17-4-9(16)14(21-15)20-10-6-24-13-11(23-2)7-25-12(10)13;1-22-4-7(2-18-22)19-14-17-3-8(15)13(21-14)20-10-6-24-11-9(16)5-23-12(10)11/h3-5,9,12-14H,6-8H2,1-2H3,(H2,18,20,21,22);3-5,10-13H,6-7H2,1-2H3,(H2,17,19,20,21);2-4,9-12H,5-6,16H2,1H3,(H2,17,19,20,21). The van der Waals surface area contributed by atoms with Crippen LogP contribution in [0.15, 0.2) is 55.8 Å². The molecule has 0 radical (unpaired) electrons. The van der Waals surface area contributed by atoms with Gasteiger partial charge in [-0.2, -0.15) is 30.2 Å². The minimum absolute atomic E-state index is 0.0412. The van der Waals surface area contributed by atoms with Gasteiger partial charge in [-0.25, -0.2) is 23.4 Å². The second kappa shape index (κ2) is 23.6. The summed E-state index contributed by atoms with van der Waals surface area (Å²) in [6.07, 6.45) is 15.4. The maximum absolute atomic E-state index is 11.6. The monoisotopic (exact) mass is 1150 g/mol. The lowest BCUT2D eigenvalue weighted by molar-refractivity contribution is -0.00757. The summed E-state index contributed by atoms with van der Waals surface area (Å²) in [7, 11) is 4.06. The second-order valence-corrected chi connectivity index (χ2v) is 22.5. The van der Waals surface area contributed by atoms with Crippen LogP contribution >= 0.6 is 34.8 Å². The van der Waals surface area contributed by atoms with Gasteiger partial charge in [-0.05, 0) is 0 Å². The van der Waals surface area contributed by atoms with Crippen LogP contribution < -0.4 is 37.6 Å². The molecule has 0 aliphatic carbocycles. The Labute approximate surface area is 457 Å². The Morgan fingerprint density at radius 2 is 0.935 bits per heavy atom. The SMILES string of the molecule is COC1COC2C(Nc3nc(Nc4cnn(C)c4)ncc3Cl)COC12.Cn1cc(Nc2ncc(Cl)c(NC3COC4C(CS(C)(=O)=O)COC34)n2)cn1.Cn1cc(Nc2ncc(Cl)c(NC3COC4C(N)COC34)n2)cn1. The molecule has 12 atom stereocenters. The maximum Gasteiger partial charge on any atom is 0.229 e. The largest absolute Gasteiger partial charge is 0.376 e. The van der Waals surface area contributed by atoms with Crippen molar-refractivity contribution in [1.29, 1.82) is 0 Å². The Bertz CT molecular complexity index is 3110. The minimum atomic E-state index is -3.10. The van der Waals surface area contributed by atoms with Crippen molar-refractivity contribution in [3.05, 3.63) is 70.8 Å². The molecule has 12 unspecified atom stereocenters. The summed E-state index contributed by atoms with van der Waals surface area (Å²) in [5, 5.41) is 32.6. The quantitative estimate of drug-likeness (QED) is 0.0777. The first-order valence-electron chi connectivity index (χ1n) is 24.3. The molecule has 32 heteroatoms. The summed E-state index contributed by atoms with van der Waals surface area (Å²) >= 11 is 18.7. The van der Waals surface area contributed by atoms with E-state index in [1.165, 1.54) is 12.5 Å². The van der Waals surface area contributed by atoms with Crippen LogP contribution in [0.3, 0.4) is 0 Å². The number of nitrogens with two attached hydrogens (primary N) is 1. The van der Waals surface area contributed by atoms with Crippen molar-refractivity contribution in [2.24, 2.45) is 32.8 Å². The van der Waals surface area contributed by atoms with Crippen molar-refractivity contribution in [1.82, 2.24) is 59.2 Å². The summed E-state index contributed by atoms with van der Waals surface area (Å²) in [6.45, 7) is 2.75. The molecule has 0 bridgehead atoms. The van der Waals surface area contributed by atoms with Gasteiger partial charge < -0.3 is 70.8 Å². The summed E-state index contributed by atoms with van der Waals surface area (Å²) in [5.74, 6) is 2.61. The van der Waals surface area contributed by atoms with Gasteiger partial charge in [-0.15, -0.1) is 0 Å². The van der Waals surface area contributed by atoms with Gasteiger partial charge in [0.05, 0.1) is 130 Å². The molecule has 6 aliphatic rings. The van der Waals surface area contributed by atoms with Crippen molar-refractivity contribution >= 4 is 97.0 Å². The fraction of sp³-hybridized carbons (Fsp3) is 0.533. The van der Waals surface area contributed by atoms with Gasteiger partial charge in [0, 0.05) is 59.0 Å². The number of ether oxygens (including phenoxy) is 7. The molecule has 8 N–H and O–H groups in total. The summed E-state index contributed by atoms with van der Waals surface area (Å²) < 4.78 is 68.3. The van der Waals surface area contributed by atoms with Crippen molar-refractivity contribution in [2.75, 3.05) is 90.7 Å². The van der Waals surface area contributed by atoms with E-state index < -0.39 is 9.84 Å². The highest BCUT2D eigenvalue weighted by atomic mass is 35.5. The van der Waals surface area contributed by atoms with E-state index in [2.05, 4.69) is 77.1 Å². The Morgan fingerprint density at radius 3 is 1.35 bits per heavy atom. The van der Waals surface area contributed by atoms with E-state index in [-0.39, 0.29) is 78.6 Å². The van der Waals surface area contributed by atoms with E-state index in [1.807, 2.05) is 33.5 Å². The number of rotatable bonds is 15. The molecule has 28 nitrogen and oxygen atoms in total. The average Bonchev–Trinajstić information content (AvgIpc) is 4.26. The third-order valence-electron chi connectivity index (χ3n) is 13.2. The van der Waals surface area contributed by atoms with Crippen molar-refractivity contribution in [2.45, 2.75) is 66.9 Å². The first-order valence-corrected chi connectivity index (χ1v) is 27.5. The predicted molar refractivity (Wildman–Crippen MR) is 283 cm³/mol. The number of nitrogens with one attached hydrogen (secondary N) is 6. The van der Waals surface area contributed by atoms with Crippen molar-refractivity contribution < 1.29 is 41.6 Å². The molecule has 0 spiro atoms. The van der Waals surface area contributed by atoms with Gasteiger partial charge in [0.25, 0.3) is 0 Å². The Hall–Kier alpha value is -5.83. The molecule has 77 heavy (non-hydrogen) atoms. The predicted octanol–water partition coefficient (Wildman–Crippen LogP) is 2.56. The van der Waals surface area contributed by atoms with E-state index in [4.69, 9.17) is 73.7 Å². The zero-order valence-electron chi connectivity index (χ0n) is 42.2. The van der Waals surface area contributed by atoms with E-state index in [1.54, 1.807) is 58.3 Å². The smallest absolute Gasteiger partial charge is 0.229 e. The third kappa shape index (κ3) is 13.2. The number of halogens is 3. The van der Waals surface area contributed by atoms with Crippen LogP contribution in [-0.4, -0.2) is 193 Å². The van der Waals surface area contributed by atoms with Crippen molar-refractivity contribution in [3.63, 3.8) is 0 Å². The Kier molecular flexibility index (Phi) is 16.7. The molecular formula is C45H58Cl3N19O9S. The highest BCUT2D eigenvalue weighted by Gasteiger charge is 2.50. The van der Waals surface area contributed by atoms with Gasteiger partial charge in [0.2, 0.25) is 17.8 Å². The molecular weight excluding hydrogens is 1090 g/mol. The average molecular weight is 1150 g/mol. The zero-order chi connectivity index (χ0) is 54.0. The van der Waals surface area contributed by atoms with Gasteiger partial charge in [0.1, 0.15) is 61.5 Å². The third-order valence-corrected chi connectivity index (χ3v) is 15.0. The fourth-order valence-corrected chi connectivity index (χ4v) is 11.1. The molecule has 6 fully saturated rings. The molecule has 414 valence electrons. The number of hydrogen-bond donors (Lipinski definition) is 7. The molecule has 0 saturated carbocycles. The van der Waals surface area contributed by atoms with Crippen LogP contribution in [-0.2, 0) is 64.1 Å². The Morgan fingerprint density at radius 1 is 0.558 bits per heavy atom. The number of anilines is 9. The Balaban J connectivity index is 0.000000131. The van der Waals surface area contributed by atoms with Gasteiger partial charge in [0.15, 0.2) is 17.5 Å². The summed E-state index contributed by atoms with van der Waals surface area (Å²) in [6, 6.07) is -0.385. The van der Waals surface area contributed by atoms with Crippen LogP contribution in [0, 0.1) is 5.92 Å². The maximum atomic E-state index is 11.6. The lowest BCUT2D eigenvalue weighted by Gasteiger charge is -2.19. The molecule has 6 aromatic rings. The normalized spacial score (nSPS) is 27.9. The molecule has 12 heterocycles. The van der Waals surface area contributed by atoms with Crippen LogP contribution in [0.5, 0.6) is 0 Å². The van der Waals surface area contributed by atoms with Crippen LogP contribution in [0.4, 0.5) is 52.4 Å². The molecule has 6 aliphatic heterocycles. The summed E-state index contributed by atoms with van der Waals surface area (Å²) in [4.78, 5) is 25.9. The number of aryl methyl sites for hydroxylation is 3. The topological polar surface area (TPSA) is 328 Å². The van der Waals surface area contributed by atoms with E-state index >= 15 is 0 Å². The number of sulfone groups is 1. The molecule has 6 saturated heterocycles. The van der Waals surface area contributed by atoms with Crippen LogP contribution in [0.1, 0.15) is 0 Å². The lowest BCUT2D eigenvalue weighted by Crippen LogP contribution is -2.38. The number of methoxy groups -OCH3 is 1. The highest BCUT2D eigenvalue weighted by molar-refractivity contribution is 7.90. The van der Waals surface area contributed by atoms with E-state index in [0.717, 1.165) is 17.1 Å². The number of hydrogen-bond acceptors (Lipinski definition) is 25. The van der Waals surface area contributed by atoms with Crippen molar-refractivity contribution in [3.8, 4) is 0 Å². The molecule has 0 amide bonds. The number of nitrogens with zero attached hydrogens (tertiary/aromatic N) is 12. The van der Waals surface area contributed by atoms with Crippen LogP contribution in [0.2, 0.25) is 15.1 Å². The van der Waals surface area contributed by atoms with Gasteiger partial charge in [-0.1, -0.05) is 34.8 Å². The molecule has 12 rings (SSSR count). The zero-order valence-corrected chi connectivity index (χ0v) is 45.3. The second-order valence-electron chi connectivity index (χ2n) is 19.1. The van der Waals surface area contributed by atoms with Crippen LogP contribution in [0.25, 0.3) is 0 Å². The summed E-state index contributed by atoms with van der Waals surface area (Å²) in [5.41, 5.74) is 8.31. The highest BCUT2D eigenvalue weighted by Crippen LogP contribution is 2.36. The fourth-order valence-electron chi connectivity index (χ4n) is 9.63. The lowest BCUT2D eigenvalue weighted by atomic mass is 10.0. The first kappa shape index (κ1) is 54.5. The van der Waals surface area contributed by atoms with Gasteiger partial charge in [-0.3, -0.25) is 14.0 Å². The first-order chi connectivity index (χ1) is 37.0. The van der Waals surface area contributed by atoms with E-state index in [0.29, 0.717) is 90.0 Å². The van der Waals surface area contributed by atoms with E-state index in [9.17, 15) is 8.42 Å². The minimum Gasteiger partial charge on any atom is -0.376 e. The molecule has 0 aromatic carbocycles. The number of aromatic nitrogens is 12. The molecule has 6 aromatic heterocycles. The number of fused-ring (bicyclic) bond motifs is 3.